The molecule has 0 unspecified atom stereocenters. The molecule has 0 fully saturated rings. The molecule has 0 atom stereocenters. The predicted molar refractivity (Wildman–Crippen MR) is 73.0 cm³/mol. The Kier molecular flexibility index (Phi) is 3.22. The van der Waals surface area contributed by atoms with Crippen molar-refractivity contribution in [3.63, 3.8) is 0 Å². The second-order valence-electron chi connectivity index (χ2n) is 4.41. The molecule has 20 heavy (non-hydrogen) atoms. The summed E-state index contributed by atoms with van der Waals surface area (Å²) in [5, 5.41) is 21.5. The fourth-order valence-corrected chi connectivity index (χ4v) is 1.93. The number of aromatic nitrogens is 5. The van der Waals surface area contributed by atoms with E-state index < -0.39 is 0 Å². The van der Waals surface area contributed by atoms with Crippen LogP contribution in [-0.2, 0) is 6.61 Å². The third-order valence-electron chi connectivity index (χ3n) is 2.92. The maximum atomic E-state index is 9.09. The molecule has 0 saturated heterocycles. The molecule has 0 amide bonds. The average Bonchev–Trinajstić information content (AvgIpc) is 2.97. The van der Waals surface area contributed by atoms with Crippen LogP contribution in [0.1, 0.15) is 11.1 Å². The van der Waals surface area contributed by atoms with Gasteiger partial charge in [-0.2, -0.15) is 0 Å². The Morgan fingerprint density at radius 1 is 1.20 bits per heavy atom. The standard InChI is InChI=1S/C14H13N5O/c1-10-7-11(9-20)8-15-14(10)19-17-13(16-18-19)12-5-3-2-4-6-12/h2-8,20H,9H2,1H3. The van der Waals surface area contributed by atoms with Gasteiger partial charge in [0, 0.05) is 11.8 Å². The molecule has 2 aromatic heterocycles. The molecule has 0 bridgehead atoms. The van der Waals surface area contributed by atoms with E-state index in [2.05, 4.69) is 20.4 Å². The molecule has 3 aromatic rings. The maximum absolute atomic E-state index is 9.09. The molecule has 0 aliphatic carbocycles. The zero-order chi connectivity index (χ0) is 13.9. The number of hydrogen-bond acceptors (Lipinski definition) is 5. The number of aliphatic hydroxyl groups is 1. The topological polar surface area (TPSA) is 76.7 Å². The van der Waals surface area contributed by atoms with Crippen LogP contribution in [-0.4, -0.2) is 30.3 Å². The summed E-state index contributed by atoms with van der Waals surface area (Å²) in [6.45, 7) is 1.86. The molecule has 1 aromatic carbocycles. The van der Waals surface area contributed by atoms with E-state index in [9.17, 15) is 0 Å². The van der Waals surface area contributed by atoms with E-state index in [-0.39, 0.29) is 6.61 Å². The third-order valence-corrected chi connectivity index (χ3v) is 2.92. The van der Waals surface area contributed by atoms with Crippen molar-refractivity contribution in [2.75, 3.05) is 0 Å². The number of hydrogen-bond donors (Lipinski definition) is 1. The summed E-state index contributed by atoms with van der Waals surface area (Å²) in [7, 11) is 0. The van der Waals surface area contributed by atoms with Crippen molar-refractivity contribution in [1.82, 2.24) is 25.2 Å². The summed E-state index contributed by atoms with van der Waals surface area (Å²) in [6.07, 6.45) is 1.61. The SMILES string of the molecule is Cc1cc(CO)cnc1-n1nnc(-c2ccccc2)n1. The molecule has 0 radical (unpaired) electrons. The third kappa shape index (κ3) is 2.28. The highest BCUT2D eigenvalue weighted by atomic mass is 16.3. The molecular weight excluding hydrogens is 254 g/mol. The Morgan fingerprint density at radius 2 is 2.00 bits per heavy atom. The highest BCUT2D eigenvalue weighted by Crippen LogP contribution is 2.15. The number of rotatable bonds is 3. The minimum Gasteiger partial charge on any atom is -0.392 e. The molecule has 0 spiro atoms. The van der Waals surface area contributed by atoms with Gasteiger partial charge < -0.3 is 5.11 Å². The van der Waals surface area contributed by atoms with Crippen molar-refractivity contribution in [1.29, 1.82) is 0 Å². The van der Waals surface area contributed by atoms with E-state index in [1.807, 2.05) is 43.3 Å². The minimum atomic E-state index is -0.0336. The summed E-state index contributed by atoms with van der Waals surface area (Å²) in [6, 6.07) is 11.5. The second-order valence-corrected chi connectivity index (χ2v) is 4.41. The highest BCUT2D eigenvalue weighted by molar-refractivity contribution is 5.53. The number of aliphatic hydroxyl groups excluding tert-OH is 1. The predicted octanol–water partition coefficient (Wildman–Crippen LogP) is 1.53. The van der Waals surface area contributed by atoms with E-state index in [0.717, 1.165) is 16.7 Å². The molecule has 0 saturated carbocycles. The Bertz CT molecular complexity index is 723. The molecule has 6 heteroatoms. The van der Waals surface area contributed by atoms with Crippen LogP contribution in [0.25, 0.3) is 17.2 Å². The van der Waals surface area contributed by atoms with E-state index in [4.69, 9.17) is 5.11 Å². The number of pyridine rings is 1. The lowest BCUT2D eigenvalue weighted by Gasteiger charge is -2.03. The van der Waals surface area contributed by atoms with Crippen LogP contribution in [0.4, 0.5) is 0 Å². The maximum Gasteiger partial charge on any atom is 0.205 e. The smallest absolute Gasteiger partial charge is 0.205 e. The minimum absolute atomic E-state index is 0.0336. The van der Waals surface area contributed by atoms with Gasteiger partial charge in [-0.3, -0.25) is 0 Å². The van der Waals surface area contributed by atoms with Gasteiger partial charge in [0.2, 0.25) is 5.82 Å². The first-order valence-corrected chi connectivity index (χ1v) is 6.20. The van der Waals surface area contributed by atoms with Gasteiger partial charge in [0.1, 0.15) is 0 Å². The van der Waals surface area contributed by atoms with Crippen molar-refractivity contribution >= 4 is 0 Å². The van der Waals surface area contributed by atoms with Gasteiger partial charge in [-0.1, -0.05) is 30.3 Å². The largest absolute Gasteiger partial charge is 0.392 e. The number of benzene rings is 1. The van der Waals surface area contributed by atoms with Crippen LogP contribution < -0.4 is 0 Å². The molecule has 2 heterocycles. The molecule has 3 rings (SSSR count). The zero-order valence-corrected chi connectivity index (χ0v) is 10.9. The monoisotopic (exact) mass is 267 g/mol. The van der Waals surface area contributed by atoms with Crippen molar-refractivity contribution in [3.05, 3.63) is 53.7 Å². The van der Waals surface area contributed by atoms with Crippen LogP contribution in [0.2, 0.25) is 0 Å². The first-order chi connectivity index (χ1) is 9.78. The summed E-state index contributed by atoms with van der Waals surface area (Å²) in [4.78, 5) is 5.67. The first kappa shape index (κ1) is 12.4. The van der Waals surface area contributed by atoms with E-state index in [1.54, 1.807) is 6.20 Å². The van der Waals surface area contributed by atoms with Crippen LogP contribution in [0.15, 0.2) is 42.6 Å². The van der Waals surface area contributed by atoms with Gasteiger partial charge in [0.15, 0.2) is 5.82 Å². The lowest BCUT2D eigenvalue weighted by molar-refractivity contribution is 0.281. The number of tetrazole rings is 1. The first-order valence-electron chi connectivity index (χ1n) is 6.20. The van der Waals surface area contributed by atoms with Crippen molar-refractivity contribution in [3.8, 4) is 17.2 Å². The molecule has 0 aliphatic rings. The van der Waals surface area contributed by atoms with Crippen molar-refractivity contribution < 1.29 is 5.11 Å². The Morgan fingerprint density at radius 3 is 2.70 bits per heavy atom. The normalized spacial score (nSPS) is 10.7. The van der Waals surface area contributed by atoms with Crippen LogP contribution in [0.3, 0.4) is 0 Å². The molecule has 1 N–H and O–H groups in total. The summed E-state index contributed by atoms with van der Waals surface area (Å²) in [5.74, 6) is 1.16. The zero-order valence-electron chi connectivity index (χ0n) is 10.9. The van der Waals surface area contributed by atoms with Gasteiger partial charge in [0.05, 0.1) is 6.61 Å². The Hall–Kier alpha value is -2.60. The van der Waals surface area contributed by atoms with Crippen LogP contribution >= 0.6 is 0 Å². The van der Waals surface area contributed by atoms with Gasteiger partial charge in [-0.05, 0) is 29.3 Å². The molecule has 0 aliphatic heterocycles. The Labute approximate surface area is 115 Å². The van der Waals surface area contributed by atoms with E-state index in [1.165, 1.54) is 4.80 Å². The fourth-order valence-electron chi connectivity index (χ4n) is 1.93. The fraction of sp³-hybridized carbons (Fsp3) is 0.143. The van der Waals surface area contributed by atoms with E-state index >= 15 is 0 Å². The lowest BCUT2D eigenvalue weighted by atomic mass is 10.2. The summed E-state index contributed by atoms with van der Waals surface area (Å²) < 4.78 is 0. The van der Waals surface area contributed by atoms with Gasteiger partial charge >= 0.3 is 0 Å². The van der Waals surface area contributed by atoms with Gasteiger partial charge in [-0.25, -0.2) is 4.98 Å². The molecular formula is C14H13N5O. The summed E-state index contributed by atoms with van der Waals surface area (Å²) in [5.41, 5.74) is 2.55. The lowest BCUT2D eigenvalue weighted by Crippen LogP contribution is -2.05. The second kappa shape index (κ2) is 5.18. The van der Waals surface area contributed by atoms with Crippen molar-refractivity contribution in [2.45, 2.75) is 13.5 Å². The molecule has 6 nitrogen and oxygen atoms in total. The average molecular weight is 267 g/mol. The van der Waals surface area contributed by atoms with Crippen LogP contribution in [0.5, 0.6) is 0 Å². The quantitative estimate of drug-likeness (QED) is 0.778. The van der Waals surface area contributed by atoms with Gasteiger partial charge in [-0.15, -0.1) is 15.0 Å². The van der Waals surface area contributed by atoms with Gasteiger partial charge in [0.25, 0.3) is 0 Å². The Balaban J connectivity index is 1.98. The number of aryl methyl sites for hydroxylation is 1. The van der Waals surface area contributed by atoms with Crippen LogP contribution in [0, 0.1) is 6.92 Å². The highest BCUT2D eigenvalue weighted by Gasteiger charge is 2.10. The summed E-state index contributed by atoms with van der Waals surface area (Å²) >= 11 is 0. The number of nitrogens with zero attached hydrogens (tertiary/aromatic N) is 5. The van der Waals surface area contributed by atoms with E-state index in [0.29, 0.717) is 11.6 Å². The van der Waals surface area contributed by atoms with Crippen molar-refractivity contribution in [2.24, 2.45) is 0 Å². The molecule has 100 valence electrons.